The Labute approximate surface area is 129 Å². The second-order valence-electron chi connectivity index (χ2n) is 5.05. The molecular weight excluding hydrogens is 294 g/mol. The molecule has 1 aromatic rings. The van der Waals surface area contributed by atoms with Crippen LogP contribution in [-0.2, 0) is 0 Å². The number of hydrogen-bond donors (Lipinski definition) is 2. The maximum Gasteiger partial charge on any atom is 0.271 e. The molecule has 1 saturated carbocycles. The molecule has 1 amide bonds. The molecule has 0 atom stereocenters. The van der Waals surface area contributed by atoms with Gasteiger partial charge in [0.05, 0.1) is 5.02 Å². The zero-order valence-corrected chi connectivity index (χ0v) is 13.4. The van der Waals surface area contributed by atoms with Crippen LogP contribution >= 0.6 is 23.4 Å². The van der Waals surface area contributed by atoms with Gasteiger partial charge in [-0.05, 0) is 31.2 Å². The van der Waals surface area contributed by atoms with Crippen molar-refractivity contribution >= 4 is 35.1 Å². The molecule has 1 aliphatic carbocycles. The average molecular weight is 314 g/mol. The number of nitrogens with zero attached hydrogens (tertiary/aromatic N) is 1. The summed E-state index contributed by atoms with van der Waals surface area (Å²) in [5.74, 6) is 0.437. The van der Waals surface area contributed by atoms with Gasteiger partial charge in [0.1, 0.15) is 11.5 Å². The van der Waals surface area contributed by atoms with Gasteiger partial charge in [-0.3, -0.25) is 4.79 Å². The van der Waals surface area contributed by atoms with Crippen molar-refractivity contribution in [2.24, 2.45) is 0 Å². The highest BCUT2D eigenvalue weighted by Crippen LogP contribution is 2.39. The van der Waals surface area contributed by atoms with E-state index in [2.05, 4.69) is 21.9 Å². The van der Waals surface area contributed by atoms with Gasteiger partial charge in [-0.1, -0.05) is 24.4 Å². The highest BCUT2D eigenvalue weighted by molar-refractivity contribution is 8.00. The highest BCUT2D eigenvalue weighted by Gasteiger charge is 2.33. The Morgan fingerprint density at radius 3 is 2.75 bits per heavy atom. The summed E-state index contributed by atoms with van der Waals surface area (Å²) in [5.41, 5.74) is 0.285. The number of thioether (sulfide) groups is 1. The molecule has 2 N–H and O–H groups in total. The summed E-state index contributed by atoms with van der Waals surface area (Å²) in [5, 5.41) is 6.28. The van der Waals surface area contributed by atoms with Gasteiger partial charge in [0, 0.05) is 18.3 Å². The Hall–Kier alpha value is -0.940. The largest absolute Gasteiger partial charge is 0.373 e. The number of rotatable bonds is 5. The van der Waals surface area contributed by atoms with Crippen LogP contribution in [0.25, 0.3) is 0 Å². The van der Waals surface area contributed by atoms with Crippen LogP contribution in [0.15, 0.2) is 12.1 Å². The van der Waals surface area contributed by atoms with Crippen LogP contribution in [0.2, 0.25) is 5.02 Å². The smallest absolute Gasteiger partial charge is 0.271 e. The molecule has 1 fully saturated rings. The fourth-order valence-electron chi connectivity index (χ4n) is 2.54. The van der Waals surface area contributed by atoms with E-state index in [9.17, 15) is 4.79 Å². The van der Waals surface area contributed by atoms with E-state index in [1.165, 1.54) is 12.8 Å². The summed E-state index contributed by atoms with van der Waals surface area (Å²) < 4.78 is 0.183. The number of carbonyl (C=O) groups is 1. The van der Waals surface area contributed by atoms with Crippen molar-refractivity contribution in [3.8, 4) is 0 Å². The van der Waals surface area contributed by atoms with Crippen molar-refractivity contribution in [1.29, 1.82) is 0 Å². The lowest BCUT2D eigenvalue weighted by Gasteiger charge is -2.26. The van der Waals surface area contributed by atoms with Gasteiger partial charge in [0.2, 0.25) is 0 Å². The Balaban J connectivity index is 2.04. The normalized spacial score (nSPS) is 16.9. The minimum atomic E-state index is -0.201. The van der Waals surface area contributed by atoms with E-state index >= 15 is 0 Å². The maximum absolute atomic E-state index is 12.3. The van der Waals surface area contributed by atoms with Gasteiger partial charge < -0.3 is 10.6 Å². The first-order valence-electron chi connectivity index (χ1n) is 6.78. The SMILES string of the molecule is CNc1ccc(Cl)c(C(=O)NCC2(SC)CCCC2)n1. The number of nitrogens with one attached hydrogen (secondary N) is 2. The van der Waals surface area contributed by atoms with Crippen LogP contribution in [0.5, 0.6) is 0 Å². The fraction of sp³-hybridized carbons (Fsp3) is 0.571. The van der Waals surface area contributed by atoms with Crippen molar-refractivity contribution in [3.05, 3.63) is 22.8 Å². The number of aromatic nitrogens is 1. The van der Waals surface area contributed by atoms with E-state index < -0.39 is 0 Å². The van der Waals surface area contributed by atoms with E-state index in [0.717, 1.165) is 12.8 Å². The van der Waals surface area contributed by atoms with E-state index in [0.29, 0.717) is 17.4 Å². The van der Waals surface area contributed by atoms with Crippen LogP contribution in [0.3, 0.4) is 0 Å². The number of carbonyl (C=O) groups excluding carboxylic acids is 1. The minimum Gasteiger partial charge on any atom is -0.373 e. The molecule has 0 aliphatic heterocycles. The van der Waals surface area contributed by atoms with Crippen LogP contribution in [0.1, 0.15) is 36.2 Å². The predicted octanol–water partition coefficient (Wildman–Crippen LogP) is 3.18. The first-order chi connectivity index (χ1) is 9.60. The van der Waals surface area contributed by atoms with E-state index in [4.69, 9.17) is 11.6 Å². The molecule has 0 aromatic carbocycles. The highest BCUT2D eigenvalue weighted by atomic mass is 35.5. The van der Waals surface area contributed by atoms with Crippen molar-refractivity contribution < 1.29 is 4.79 Å². The monoisotopic (exact) mass is 313 g/mol. The molecule has 1 heterocycles. The lowest BCUT2D eigenvalue weighted by Crippen LogP contribution is -2.38. The molecular formula is C14H20ClN3OS. The zero-order valence-electron chi connectivity index (χ0n) is 11.8. The molecule has 4 nitrogen and oxygen atoms in total. The number of hydrogen-bond acceptors (Lipinski definition) is 4. The Bertz CT molecular complexity index is 489. The standard InChI is InChI=1S/C14H20ClN3OS/c1-16-11-6-5-10(15)12(18-11)13(19)17-9-14(20-2)7-3-4-8-14/h5-6H,3-4,7-9H2,1-2H3,(H,16,18)(H,17,19). The third-order valence-electron chi connectivity index (χ3n) is 3.84. The third-order valence-corrected chi connectivity index (χ3v) is 5.56. The summed E-state index contributed by atoms with van der Waals surface area (Å²) in [4.78, 5) is 16.5. The molecule has 2 rings (SSSR count). The Kier molecular flexibility index (Phi) is 5.16. The van der Waals surface area contributed by atoms with Crippen LogP contribution in [0, 0.1) is 0 Å². The van der Waals surface area contributed by atoms with Gasteiger partial charge in [-0.25, -0.2) is 4.98 Å². The summed E-state index contributed by atoms with van der Waals surface area (Å²) in [7, 11) is 1.76. The summed E-state index contributed by atoms with van der Waals surface area (Å²) in [6.07, 6.45) is 6.92. The summed E-state index contributed by atoms with van der Waals surface area (Å²) in [6, 6.07) is 3.44. The van der Waals surface area contributed by atoms with Crippen molar-refractivity contribution in [1.82, 2.24) is 10.3 Å². The summed E-state index contributed by atoms with van der Waals surface area (Å²) in [6.45, 7) is 0.675. The second kappa shape index (κ2) is 6.68. The first kappa shape index (κ1) is 15.4. The Morgan fingerprint density at radius 2 is 2.15 bits per heavy atom. The Morgan fingerprint density at radius 1 is 1.45 bits per heavy atom. The van der Waals surface area contributed by atoms with E-state index in [-0.39, 0.29) is 16.3 Å². The molecule has 20 heavy (non-hydrogen) atoms. The zero-order chi connectivity index (χ0) is 14.6. The van der Waals surface area contributed by atoms with E-state index in [1.807, 2.05) is 11.8 Å². The third kappa shape index (κ3) is 3.38. The van der Waals surface area contributed by atoms with Crippen molar-refractivity contribution in [2.45, 2.75) is 30.4 Å². The fourth-order valence-corrected chi connectivity index (χ4v) is 3.64. The first-order valence-corrected chi connectivity index (χ1v) is 8.38. The van der Waals surface area contributed by atoms with E-state index in [1.54, 1.807) is 19.2 Å². The average Bonchev–Trinajstić information content (AvgIpc) is 2.95. The number of pyridine rings is 1. The van der Waals surface area contributed by atoms with Gasteiger partial charge >= 0.3 is 0 Å². The molecule has 1 aromatic heterocycles. The second-order valence-corrected chi connectivity index (χ2v) is 6.74. The number of halogens is 1. The minimum absolute atomic E-state index is 0.183. The lowest BCUT2D eigenvalue weighted by atomic mass is 10.1. The molecule has 0 unspecified atom stereocenters. The van der Waals surface area contributed by atoms with Crippen molar-refractivity contribution in [2.75, 3.05) is 25.2 Å². The topological polar surface area (TPSA) is 54.0 Å². The predicted molar refractivity (Wildman–Crippen MR) is 85.8 cm³/mol. The van der Waals surface area contributed by atoms with Crippen LogP contribution < -0.4 is 10.6 Å². The number of anilines is 1. The molecule has 6 heteroatoms. The molecule has 0 saturated heterocycles. The van der Waals surface area contributed by atoms with Gasteiger partial charge in [-0.15, -0.1) is 0 Å². The molecule has 110 valence electrons. The van der Waals surface area contributed by atoms with Crippen molar-refractivity contribution in [3.63, 3.8) is 0 Å². The van der Waals surface area contributed by atoms with Gasteiger partial charge in [0.15, 0.2) is 0 Å². The quantitative estimate of drug-likeness (QED) is 0.876. The maximum atomic E-state index is 12.3. The molecule has 0 spiro atoms. The van der Waals surface area contributed by atoms with Gasteiger partial charge in [0.25, 0.3) is 5.91 Å². The van der Waals surface area contributed by atoms with Gasteiger partial charge in [-0.2, -0.15) is 11.8 Å². The molecule has 0 bridgehead atoms. The summed E-state index contributed by atoms with van der Waals surface area (Å²) >= 11 is 7.90. The molecule has 1 aliphatic rings. The number of amides is 1. The van der Waals surface area contributed by atoms with Crippen LogP contribution in [0.4, 0.5) is 5.82 Å². The lowest BCUT2D eigenvalue weighted by molar-refractivity contribution is 0.0945. The van der Waals surface area contributed by atoms with Crippen LogP contribution in [-0.4, -0.2) is 35.5 Å². The molecule has 0 radical (unpaired) electrons.